The molecule has 2 aliphatic carbocycles. The minimum atomic E-state index is -3.85. The summed E-state index contributed by atoms with van der Waals surface area (Å²) in [6, 6.07) is 8.24. The maximum atomic E-state index is 13.9. The number of ketones is 1. The molecular formula is C20H17FN2O4S. The third kappa shape index (κ3) is 3.51. The van der Waals surface area contributed by atoms with Crippen LogP contribution < -0.4 is 0 Å². The second-order valence-electron chi connectivity index (χ2n) is 7.08. The highest BCUT2D eigenvalue weighted by Gasteiger charge is 2.39. The summed E-state index contributed by atoms with van der Waals surface area (Å²) in [5, 5.41) is 9.84. The summed E-state index contributed by atoms with van der Waals surface area (Å²) in [6.45, 7) is 0. The van der Waals surface area contributed by atoms with Gasteiger partial charge in [-0.1, -0.05) is 12.1 Å². The van der Waals surface area contributed by atoms with Crippen molar-refractivity contribution in [3.8, 4) is 6.07 Å². The monoisotopic (exact) mass is 400 g/mol. The summed E-state index contributed by atoms with van der Waals surface area (Å²) in [6.07, 6.45) is 4.64. The number of rotatable bonds is 4. The van der Waals surface area contributed by atoms with E-state index < -0.39 is 22.0 Å². The van der Waals surface area contributed by atoms with Crippen molar-refractivity contribution in [1.82, 2.24) is 4.90 Å². The lowest BCUT2D eigenvalue weighted by atomic mass is 9.81. The fourth-order valence-electron chi connectivity index (χ4n) is 3.54. The Bertz CT molecular complexity index is 1110. The number of allylic oxidation sites excluding steroid dienone is 4. The van der Waals surface area contributed by atoms with Crippen molar-refractivity contribution in [1.29, 1.82) is 5.26 Å². The van der Waals surface area contributed by atoms with Gasteiger partial charge < -0.3 is 4.90 Å². The predicted octanol–water partition coefficient (Wildman–Crippen LogP) is 2.67. The van der Waals surface area contributed by atoms with Gasteiger partial charge in [0.05, 0.1) is 6.26 Å². The Morgan fingerprint density at radius 1 is 1.32 bits per heavy atom. The average Bonchev–Trinajstić information content (AvgIpc) is 3.45. The Morgan fingerprint density at radius 2 is 2.07 bits per heavy atom. The van der Waals surface area contributed by atoms with Gasteiger partial charge in [-0.15, -0.1) is 0 Å². The molecule has 8 heteroatoms. The average molecular weight is 400 g/mol. The highest BCUT2D eigenvalue weighted by Crippen LogP contribution is 2.44. The molecular weight excluding hydrogens is 383 g/mol. The topological polar surface area (TPSA) is 87.5 Å². The predicted molar refractivity (Wildman–Crippen MR) is 99.3 cm³/mol. The van der Waals surface area contributed by atoms with Crippen LogP contribution in [0.25, 0.3) is 5.57 Å². The Kier molecular flexibility index (Phi) is 4.44. The van der Waals surface area contributed by atoms with Gasteiger partial charge in [0.1, 0.15) is 17.6 Å². The Morgan fingerprint density at radius 3 is 2.68 bits per heavy atom. The minimum Gasteiger partial charge on any atom is -0.336 e. The molecule has 0 spiro atoms. The van der Waals surface area contributed by atoms with E-state index in [4.69, 9.17) is 4.18 Å². The van der Waals surface area contributed by atoms with E-state index in [0.717, 1.165) is 19.1 Å². The van der Waals surface area contributed by atoms with Crippen LogP contribution in [-0.2, 0) is 19.1 Å². The van der Waals surface area contributed by atoms with Crippen LogP contribution in [0.15, 0.2) is 53.4 Å². The van der Waals surface area contributed by atoms with E-state index in [1.165, 1.54) is 18.2 Å². The van der Waals surface area contributed by atoms with E-state index in [-0.39, 0.29) is 18.2 Å². The number of carbonyl (C=O) groups excluding carboxylic acids is 1. The number of fused-ring (bicyclic) bond motifs is 1. The number of halogens is 1. The van der Waals surface area contributed by atoms with E-state index in [9.17, 15) is 22.9 Å². The van der Waals surface area contributed by atoms with Crippen molar-refractivity contribution in [2.45, 2.75) is 31.4 Å². The number of carbonyl (C=O) groups is 1. The third-order valence-corrected chi connectivity index (χ3v) is 5.40. The van der Waals surface area contributed by atoms with Crippen LogP contribution in [0.4, 0.5) is 4.39 Å². The first-order valence-corrected chi connectivity index (χ1v) is 10.6. The first kappa shape index (κ1) is 18.6. The van der Waals surface area contributed by atoms with Gasteiger partial charge in [0.15, 0.2) is 11.9 Å². The van der Waals surface area contributed by atoms with Crippen molar-refractivity contribution in [3.05, 3.63) is 64.8 Å². The van der Waals surface area contributed by atoms with Gasteiger partial charge in [-0.25, -0.2) is 4.39 Å². The molecule has 0 aromatic heterocycles. The quantitative estimate of drug-likeness (QED) is 0.722. The van der Waals surface area contributed by atoms with Crippen molar-refractivity contribution in [2.24, 2.45) is 0 Å². The van der Waals surface area contributed by atoms with Crippen molar-refractivity contribution < 1.29 is 21.8 Å². The fourth-order valence-corrected chi connectivity index (χ4v) is 4.08. The summed E-state index contributed by atoms with van der Waals surface area (Å²) in [4.78, 5) is 14.3. The highest BCUT2D eigenvalue weighted by atomic mass is 32.2. The van der Waals surface area contributed by atoms with Gasteiger partial charge in [0, 0.05) is 24.2 Å². The molecule has 4 rings (SSSR count). The standard InChI is InChI=1S/C20H17FN2O4S/c1-28(25,26)27-19-9-16-13(8-18(19)24)11-23(15-5-6-15)17(10-22)20(16)12-3-2-4-14(21)7-12/h2-4,7,9,11,15,19H,5-6,8H2,1H3. The molecule has 3 aliphatic rings. The van der Waals surface area contributed by atoms with Crippen LogP contribution in [0.5, 0.6) is 0 Å². The zero-order valence-corrected chi connectivity index (χ0v) is 15.9. The molecule has 1 aromatic rings. The van der Waals surface area contributed by atoms with Crippen LogP contribution in [-0.4, -0.2) is 37.5 Å². The highest BCUT2D eigenvalue weighted by molar-refractivity contribution is 7.86. The lowest BCUT2D eigenvalue weighted by Crippen LogP contribution is -2.33. The summed E-state index contributed by atoms with van der Waals surface area (Å²) in [5.41, 5.74) is 2.54. The number of nitrogens with zero attached hydrogens (tertiary/aromatic N) is 2. The van der Waals surface area contributed by atoms with Gasteiger partial charge in [0.2, 0.25) is 0 Å². The molecule has 0 N–H and O–H groups in total. The van der Waals surface area contributed by atoms with E-state index in [1.807, 2.05) is 4.90 Å². The van der Waals surface area contributed by atoms with E-state index in [0.29, 0.717) is 28.0 Å². The first-order valence-electron chi connectivity index (χ1n) is 8.79. The second kappa shape index (κ2) is 6.69. The van der Waals surface area contributed by atoms with Crippen LogP contribution in [0.3, 0.4) is 0 Å². The number of nitriles is 1. The molecule has 1 unspecified atom stereocenters. The molecule has 1 aromatic carbocycles. The minimum absolute atomic E-state index is 0.0211. The maximum Gasteiger partial charge on any atom is 0.265 e. The molecule has 144 valence electrons. The Labute approximate surface area is 162 Å². The van der Waals surface area contributed by atoms with Crippen molar-refractivity contribution in [2.75, 3.05) is 6.26 Å². The molecule has 0 radical (unpaired) electrons. The van der Waals surface area contributed by atoms with E-state index in [2.05, 4.69) is 6.07 Å². The van der Waals surface area contributed by atoms with Gasteiger partial charge >= 0.3 is 0 Å². The third-order valence-electron chi connectivity index (χ3n) is 4.84. The van der Waals surface area contributed by atoms with Gasteiger partial charge in [-0.05, 0) is 47.8 Å². The molecule has 0 saturated heterocycles. The first-order chi connectivity index (χ1) is 13.3. The molecule has 1 heterocycles. The fraction of sp³-hybridized carbons (Fsp3) is 0.300. The van der Waals surface area contributed by atoms with Crippen LogP contribution in [0.1, 0.15) is 24.8 Å². The van der Waals surface area contributed by atoms with Gasteiger partial charge in [-0.3, -0.25) is 8.98 Å². The molecule has 1 atom stereocenters. The van der Waals surface area contributed by atoms with Crippen molar-refractivity contribution in [3.63, 3.8) is 0 Å². The largest absolute Gasteiger partial charge is 0.336 e. The van der Waals surface area contributed by atoms with E-state index in [1.54, 1.807) is 18.3 Å². The summed E-state index contributed by atoms with van der Waals surface area (Å²) in [5.74, 6) is -0.831. The van der Waals surface area contributed by atoms with E-state index >= 15 is 0 Å². The molecule has 1 aliphatic heterocycles. The van der Waals surface area contributed by atoms with Gasteiger partial charge in [-0.2, -0.15) is 13.7 Å². The van der Waals surface area contributed by atoms with Gasteiger partial charge in [0.25, 0.3) is 10.1 Å². The molecule has 0 bridgehead atoms. The smallest absolute Gasteiger partial charge is 0.265 e. The normalized spacial score (nSPS) is 22.4. The van der Waals surface area contributed by atoms with Crippen LogP contribution >= 0.6 is 0 Å². The maximum absolute atomic E-state index is 13.9. The summed E-state index contributed by atoms with van der Waals surface area (Å²) in [7, 11) is -3.85. The second-order valence-corrected chi connectivity index (χ2v) is 8.68. The number of hydrogen-bond acceptors (Lipinski definition) is 6. The molecule has 1 saturated carbocycles. The SMILES string of the molecule is CS(=O)(=O)OC1C=C2C(=CN(C3CC3)C(C#N)=C2c2cccc(F)c2)CC1=O. The Balaban J connectivity index is 1.90. The van der Waals surface area contributed by atoms with Crippen LogP contribution in [0, 0.1) is 17.1 Å². The van der Waals surface area contributed by atoms with Crippen LogP contribution in [0.2, 0.25) is 0 Å². The molecule has 28 heavy (non-hydrogen) atoms. The zero-order chi connectivity index (χ0) is 20.1. The molecule has 0 amide bonds. The van der Waals surface area contributed by atoms with Crippen molar-refractivity contribution >= 4 is 21.5 Å². The zero-order valence-electron chi connectivity index (χ0n) is 15.1. The Hall–Kier alpha value is -2.76. The number of benzene rings is 1. The number of hydrogen-bond donors (Lipinski definition) is 0. The molecule has 6 nitrogen and oxygen atoms in total. The lowest BCUT2D eigenvalue weighted by molar-refractivity contribution is -0.123. The summed E-state index contributed by atoms with van der Waals surface area (Å²) < 4.78 is 41.9. The lowest BCUT2D eigenvalue weighted by Gasteiger charge is -2.33. The number of Topliss-reactive ketones (excluding diaryl/α,β-unsaturated/α-hetero) is 1. The summed E-state index contributed by atoms with van der Waals surface area (Å²) >= 11 is 0. The molecule has 1 fully saturated rings.